The van der Waals surface area contributed by atoms with Gasteiger partial charge in [0.15, 0.2) is 0 Å². The molecule has 0 radical (unpaired) electrons. The zero-order valence-electron chi connectivity index (χ0n) is 11.1. The lowest BCUT2D eigenvalue weighted by Gasteiger charge is -2.08. The standard InChI is InChI=1S/C15H10BrF3O3/c16-13-6-3-10(17)7-12(13)14(20)21-8-9-1-4-11(5-2-9)22-15(18)19/h1-7,15H,8H2. The molecule has 0 atom stereocenters. The van der Waals surface area contributed by atoms with Crippen LogP contribution in [0.5, 0.6) is 5.75 Å². The maximum Gasteiger partial charge on any atom is 0.387 e. The van der Waals surface area contributed by atoms with E-state index in [0.29, 0.717) is 10.0 Å². The van der Waals surface area contributed by atoms with Crippen molar-refractivity contribution in [2.75, 3.05) is 0 Å². The Balaban J connectivity index is 1.97. The molecule has 0 aliphatic rings. The molecule has 7 heteroatoms. The van der Waals surface area contributed by atoms with Crippen LogP contribution >= 0.6 is 15.9 Å². The molecule has 0 spiro atoms. The van der Waals surface area contributed by atoms with E-state index in [1.165, 1.54) is 36.4 Å². The second-order valence-corrected chi connectivity index (χ2v) is 5.08. The number of esters is 1. The highest BCUT2D eigenvalue weighted by Crippen LogP contribution is 2.20. The molecule has 0 amide bonds. The largest absolute Gasteiger partial charge is 0.457 e. The van der Waals surface area contributed by atoms with Gasteiger partial charge in [0.05, 0.1) is 5.56 Å². The summed E-state index contributed by atoms with van der Waals surface area (Å²) in [6, 6.07) is 9.34. The molecule has 0 aromatic heterocycles. The van der Waals surface area contributed by atoms with Gasteiger partial charge in [-0.1, -0.05) is 12.1 Å². The van der Waals surface area contributed by atoms with E-state index in [0.717, 1.165) is 6.07 Å². The van der Waals surface area contributed by atoms with E-state index in [-0.39, 0.29) is 17.9 Å². The predicted molar refractivity (Wildman–Crippen MR) is 76.3 cm³/mol. The summed E-state index contributed by atoms with van der Waals surface area (Å²) in [5.74, 6) is -1.24. The molecule has 0 fully saturated rings. The van der Waals surface area contributed by atoms with Crippen molar-refractivity contribution < 1.29 is 27.4 Å². The molecule has 3 nitrogen and oxygen atoms in total. The normalized spacial score (nSPS) is 10.6. The number of rotatable bonds is 5. The highest BCUT2D eigenvalue weighted by atomic mass is 79.9. The summed E-state index contributed by atoms with van der Waals surface area (Å²) in [5, 5.41) is 0. The van der Waals surface area contributed by atoms with Gasteiger partial charge in [0.2, 0.25) is 0 Å². The fraction of sp³-hybridized carbons (Fsp3) is 0.133. The summed E-state index contributed by atoms with van der Waals surface area (Å²) in [5.41, 5.74) is 0.653. The summed E-state index contributed by atoms with van der Waals surface area (Å²) in [6.07, 6.45) is 0. The van der Waals surface area contributed by atoms with Gasteiger partial charge in [-0.05, 0) is 51.8 Å². The number of hydrogen-bond acceptors (Lipinski definition) is 3. The second-order valence-electron chi connectivity index (χ2n) is 4.22. The topological polar surface area (TPSA) is 35.5 Å². The molecule has 0 saturated heterocycles. The van der Waals surface area contributed by atoms with Crippen LogP contribution in [0.3, 0.4) is 0 Å². The maximum absolute atomic E-state index is 13.1. The Kier molecular flexibility index (Phi) is 5.43. The van der Waals surface area contributed by atoms with Crippen molar-refractivity contribution in [1.82, 2.24) is 0 Å². The van der Waals surface area contributed by atoms with E-state index in [1.54, 1.807) is 0 Å². The average Bonchev–Trinajstić information content (AvgIpc) is 2.48. The lowest BCUT2D eigenvalue weighted by molar-refractivity contribution is -0.0498. The lowest BCUT2D eigenvalue weighted by Crippen LogP contribution is -2.07. The Morgan fingerprint density at radius 3 is 2.45 bits per heavy atom. The van der Waals surface area contributed by atoms with Crippen molar-refractivity contribution in [3.05, 3.63) is 63.9 Å². The molecule has 116 valence electrons. The van der Waals surface area contributed by atoms with Crippen molar-refractivity contribution in [3.63, 3.8) is 0 Å². The monoisotopic (exact) mass is 374 g/mol. The number of alkyl halides is 2. The van der Waals surface area contributed by atoms with Gasteiger partial charge in [-0.25, -0.2) is 9.18 Å². The minimum absolute atomic E-state index is 0.0120. The van der Waals surface area contributed by atoms with Crippen molar-refractivity contribution in [2.24, 2.45) is 0 Å². The summed E-state index contributed by atoms with van der Waals surface area (Å²) in [7, 11) is 0. The molecule has 0 heterocycles. The fourth-order valence-electron chi connectivity index (χ4n) is 1.65. The van der Waals surface area contributed by atoms with Gasteiger partial charge in [0.1, 0.15) is 18.2 Å². The number of benzene rings is 2. The Morgan fingerprint density at radius 2 is 1.82 bits per heavy atom. The molecule has 2 aromatic carbocycles. The van der Waals surface area contributed by atoms with Gasteiger partial charge in [-0.3, -0.25) is 0 Å². The Bertz CT molecular complexity index is 660. The number of hydrogen-bond donors (Lipinski definition) is 0. The number of carbonyl (C=O) groups excluding carboxylic acids is 1. The van der Waals surface area contributed by atoms with Gasteiger partial charge < -0.3 is 9.47 Å². The van der Waals surface area contributed by atoms with Gasteiger partial charge in [0, 0.05) is 4.47 Å². The summed E-state index contributed by atoms with van der Waals surface area (Å²) >= 11 is 3.13. The molecule has 22 heavy (non-hydrogen) atoms. The molecule has 2 rings (SSSR count). The maximum atomic E-state index is 13.1. The Morgan fingerprint density at radius 1 is 1.14 bits per heavy atom. The van der Waals surface area contributed by atoms with Crippen LogP contribution in [0, 0.1) is 5.82 Å². The number of carbonyl (C=O) groups is 1. The van der Waals surface area contributed by atoms with Gasteiger partial charge >= 0.3 is 12.6 Å². The van der Waals surface area contributed by atoms with Crippen LogP contribution in [0.2, 0.25) is 0 Å². The molecule has 0 saturated carbocycles. The highest BCUT2D eigenvalue weighted by Gasteiger charge is 2.13. The van der Waals surface area contributed by atoms with Crippen LogP contribution < -0.4 is 4.74 Å². The molecule has 0 N–H and O–H groups in total. The Hall–Kier alpha value is -2.02. The first-order chi connectivity index (χ1) is 10.5. The van der Waals surface area contributed by atoms with Gasteiger partial charge in [-0.15, -0.1) is 0 Å². The van der Waals surface area contributed by atoms with Crippen LogP contribution in [-0.2, 0) is 11.3 Å². The molecule has 0 unspecified atom stereocenters. The first kappa shape index (κ1) is 16.4. The van der Waals surface area contributed by atoms with Crippen molar-refractivity contribution in [3.8, 4) is 5.75 Å². The number of halogens is 4. The minimum Gasteiger partial charge on any atom is -0.457 e. The van der Waals surface area contributed by atoms with Crippen molar-refractivity contribution in [2.45, 2.75) is 13.2 Å². The smallest absolute Gasteiger partial charge is 0.387 e. The summed E-state index contributed by atoms with van der Waals surface area (Å²) in [6.45, 7) is -2.97. The molecule has 0 aliphatic heterocycles. The Labute approximate surface area is 132 Å². The van der Waals surface area contributed by atoms with Crippen LogP contribution in [0.15, 0.2) is 46.9 Å². The van der Waals surface area contributed by atoms with E-state index in [4.69, 9.17) is 4.74 Å². The highest BCUT2D eigenvalue weighted by molar-refractivity contribution is 9.10. The van der Waals surface area contributed by atoms with Crippen LogP contribution in [0.25, 0.3) is 0 Å². The molecule has 2 aromatic rings. The van der Waals surface area contributed by atoms with Gasteiger partial charge in [0.25, 0.3) is 0 Å². The third-order valence-electron chi connectivity index (χ3n) is 2.67. The average molecular weight is 375 g/mol. The van der Waals surface area contributed by atoms with Crippen LogP contribution in [-0.4, -0.2) is 12.6 Å². The fourth-order valence-corrected chi connectivity index (χ4v) is 2.06. The van der Waals surface area contributed by atoms with Crippen molar-refractivity contribution >= 4 is 21.9 Å². The summed E-state index contributed by atoms with van der Waals surface area (Å²) in [4.78, 5) is 11.9. The third kappa shape index (κ3) is 4.49. The van der Waals surface area contributed by atoms with Crippen LogP contribution in [0.1, 0.15) is 15.9 Å². The zero-order valence-corrected chi connectivity index (χ0v) is 12.6. The van der Waals surface area contributed by atoms with E-state index in [2.05, 4.69) is 20.7 Å². The first-order valence-electron chi connectivity index (χ1n) is 6.11. The number of ether oxygens (including phenoxy) is 2. The first-order valence-corrected chi connectivity index (χ1v) is 6.91. The van der Waals surface area contributed by atoms with E-state index < -0.39 is 18.4 Å². The predicted octanol–water partition coefficient (Wildman–Crippen LogP) is 4.55. The molecular formula is C15H10BrF3O3. The third-order valence-corrected chi connectivity index (χ3v) is 3.36. The molecule has 0 bridgehead atoms. The van der Waals surface area contributed by atoms with E-state index >= 15 is 0 Å². The quantitative estimate of drug-likeness (QED) is 0.720. The van der Waals surface area contributed by atoms with E-state index in [1.807, 2.05) is 0 Å². The van der Waals surface area contributed by atoms with Crippen molar-refractivity contribution in [1.29, 1.82) is 0 Å². The lowest BCUT2D eigenvalue weighted by atomic mass is 10.2. The van der Waals surface area contributed by atoms with E-state index in [9.17, 15) is 18.0 Å². The minimum atomic E-state index is -2.89. The SMILES string of the molecule is O=C(OCc1ccc(OC(F)F)cc1)c1cc(F)ccc1Br. The molecule has 0 aliphatic carbocycles. The second kappa shape index (κ2) is 7.31. The molecular weight excluding hydrogens is 365 g/mol. The summed E-state index contributed by atoms with van der Waals surface area (Å²) < 4.78 is 46.8. The van der Waals surface area contributed by atoms with Gasteiger partial charge in [-0.2, -0.15) is 8.78 Å². The zero-order chi connectivity index (χ0) is 16.1. The van der Waals surface area contributed by atoms with Crippen LogP contribution in [0.4, 0.5) is 13.2 Å².